The first-order chi connectivity index (χ1) is 7.53. The average molecular weight is 217 g/mol. The molecular formula is C14H19NO. The zero-order valence-corrected chi connectivity index (χ0v) is 10.4. The Morgan fingerprint density at radius 1 is 1.31 bits per heavy atom. The van der Waals surface area contributed by atoms with Crippen LogP contribution in [0.25, 0.3) is 5.57 Å². The van der Waals surface area contributed by atoms with E-state index in [4.69, 9.17) is 4.74 Å². The topological polar surface area (TPSA) is 21.3 Å². The van der Waals surface area contributed by atoms with E-state index in [1.165, 1.54) is 11.1 Å². The van der Waals surface area contributed by atoms with Crippen molar-refractivity contribution >= 4 is 11.3 Å². The summed E-state index contributed by atoms with van der Waals surface area (Å²) in [6.45, 7) is 9.19. The second-order valence-corrected chi connectivity index (χ2v) is 4.79. The molecular weight excluding hydrogens is 198 g/mol. The van der Waals surface area contributed by atoms with Crippen molar-refractivity contribution in [2.75, 3.05) is 11.9 Å². The number of ether oxygens (including phenoxy) is 1. The fourth-order valence-corrected chi connectivity index (χ4v) is 2.24. The number of hydrogen-bond donors (Lipinski definition) is 1. The molecule has 0 saturated heterocycles. The van der Waals surface area contributed by atoms with Gasteiger partial charge in [-0.25, -0.2) is 0 Å². The van der Waals surface area contributed by atoms with Gasteiger partial charge in [-0.05, 0) is 39.3 Å². The molecule has 16 heavy (non-hydrogen) atoms. The van der Waals surface area contributed by atoms with Crippen molar-refractivity contribution < 1.29 is 4.74 Å². The molecule has 0 atom stereocenters. The molecule has 1 N–H and O–H groups in total. The second kappa shape index (κ2) is 3.85. The number of allylic oxidation sites excluding steroid dienone is 1. The SMILES string of the molecule is CCOc1cccc2c1NC(C)(C)C=C2C. The first-order valence-corrected chi connectivity index (χ1v) is 5.77. The summed E-state index contributed by atoms with van der Waals surface area (Å²) in [5, 5.41) is 3.52. The maximum absolute atomic E-state index is 5.66. The third-order valence-electron chi connectivity index (χ3n) is 2.78. The summed E-state index contributed by atoms with van der Waals surface area (Å²) in [6.07, 6.45) is 2.26. The lowest BCUT2D eigenvalue weighted by Crippen LogP contribution is -2.31. The highest BCUT2D eigenvalue weighted by Gasteiger charge is 2.24. The van der Waals surface area contributed by atoms with Crippen LogP contribution in [0.2, 0.25) is 0 Å². The zero-order chi connectivity index (χ0) is 11.8. The van der Waals surface area contributed by atoms with E-state index in [1.54, 1.807) is 0 Å². The molecule has 0 aromatic heterocycles. The van der Waals surface area contributed by atoms with Crippen LogP contribution in [0, 0.1) is 0 Å². The first-order valence-electron chi connectivity index (χ1n) is 5.77. The minimum atomic E-state index is -0.00963. The normalized spacial score (nSPS) is 17.1. The van der Waals surface area contributed by atoms with E-state index >= 15 is 0 Å². The molecule has 0 bridgehead atoms. The van der Waals surface area contributed by atoms with Crippen molar-refractivity contribution in [3.8, 4) is 5.75 Å². The predicted molar refractivity (Wildman–Crippen MR) is 69.0 cm³/mol. The van der Waals surface area contributed by atoms with Crippen LogP contribution < -0.4 is 10.1 Å². The Kier molecular flexibility index (Phi) is 2.66. The van der Waals surface area contributed by atoms with Crippen LogP contribution in [-0.4, -0.2) is 12.1 Å². The molecule has 0 fully saturated rings. The van der Waals surface area contributed by atoms with Gasteiger partial charge in [0.05, 0.1) is 17.8 Å². The molecule has 0 radical (unpaired) electrons. The number of anilines is 1. The number of hydrogen-bond acceptors (Lipinski definition) is 2. The number of fused-ring (bicyclic) bond motifs is 1. The molecule has 1 aromatic rings. The van der Waals surface area contributed by atoms with Gasteiger partial charge in [0.2, 0.25) is 0 Å². The Morgan fingerprint density at radius 3 is 2.75 bits per heavy atom. The van der Waals surface area contributed by atoms with Crippen molar-refractivity contribution in [1.29, 1.82) is 0 Å². The maximum atomic E-state index is 5.66. The van der Waals surface area contributed by atoms with E-state index in [1.807, 2.05) is 19.1 Å². The largest absolute Gasteiger partial charge is 0.492 e. The molecule has 0 unspecified atom stereocenters. The van der Waals surface area contributed by atoms with Crippen LogP contribution in [0.3, 0.4) is 0 Å². The third kappa shape index (κ3) is 1.92. The first kappa shape index (κ1) is 11.1. The zero-order valence-electron chi connectivity index (χ0n) is 10.4. The lowest BCUT2D eigenvalue weighted by molar-refractivity contribution is 0.341. The summed E-state index contributed by atoms with van der Waals surface area (Å²) < 4.78 is 5.66. The Balaban J connectivity index is 2.52. The molecule has 1 aliphatic heterocycles. The average Bonchev–Trinajstić information content (AvgIpc) is 2.18. The van der Waals surface area contributed by atoms with Gasteiger partial charge in [0.1, 0.15) is 5.75 Å². The molecule has 1 aromatic carbocycles. The molecule has 0 spiro atoms. The van der Waals surface area contributed by atoms with Gasteiger partial charge < -0.3 is 10.1 Å². The Labute approximate surface area is 97.3 Å². The summed E-state index contributed by atoms with van der Waals surface area (Å²) in [6, 6.07) is 6.19. The van der Waals surface area contributed by atoms with Gasteiger partial charge in [-0.3, -0.25) is 0 Å². The molecule has 2 heteroatoms. The van der Waals surface area contributed by atoms with E-state index < -0.39 is 0 Å². The minimum absolute atomic E-state index is 0.00963. The van der Waals surface area contributed by atoms with Crippen LogP contribution >= 0.6 is 0 Å². The molecule has 1 aliphatic rings. The second-order valence-electron chi connectivity index (χ2n) is 4.79. The maximum Gasteiger partial charge on any atom is 0.143 e. The van der Waals surface area contributed by atoms with Gasteiger partial charge >= 0.3 is 0 Å². The summed E-state index contributed by atoms with van der Waals surface area (Å²) in [7, 11) is 0. The van der Waals surface area contributed by atoms with Gasteiger partial charge in [-0.1, -0.05) is 18.2 Å². The molecule has 2 rings (SSSR count). The fourth-order valence-electron chi connectivity index (χ4n) is 2.24. The van der Waals surface area contributed by atoms with E-state index in [0.717, 1.165) is 11.4 Å². The van der Waals surface area contributed by atoms with Crippen molar-refractivity contribution in [3.63, 3.8) is 0 Å². The van der Waals surface area contributed by atoms with Crippen LogP contribution in [0.5, 0.6) is 5.75 Å². The highest BCUT2D eigenvalue weighted by molar-refractivity contribution is 5.83. The van der Waals surface area contributed by atoms with Crippen LogP contribution in [-0.2, 0) is 0 Å². The van der Waals surface area contributed by atoms with Crippen molar-refractivity contribution in [2.45, 2.75) is 33.2 Å². The fraction of sp³-hybridized carbons (Fsp3) is 0.429. The highest BCUT2D eigenvalue weighted by atomic mass is 16.5. The summed E-state index contributed by atoms with van der Waals surface area (Å²) >= 11 is 0. The molecule has 86 valence electrons. The minimum Gasteiger partial charge on any atom is -0.492 e. The molecule has 2 nitrogen and oxygen atoms in total. The number of nitrogens with one attached hydrogen (secondary N) is 1. The quantitative estimate of drug-likeness (QED) is 0.815. The van der Waals surface area contributed by atoms with Crippen LogP contribution in [0.15, 0.2) is 24.3 Å². The van der Waals surface area contributed by atoms with Gasteiger partial charge in [0.25, 0.3) is 0 Å². The van der Waals surface area contributed by atoms with Gasteiger partial charge in [-0.2, -0.15) is 0 Å². The van der Waals surface area contributed by atoms with Crippen molar-refractivity contribution in [1.82, 2.24) is 0 Å². The molecule has 0 saturated carbocycles. The number of benzene rings is 1. The van der Waals surface area contributed by atoms with Gasteiger partial charge in [-0.15, -0.1) is 0 Å². The molecule has 0 aliphatic carbocycles. The molecule has 0 amide bonds. The van der Waals surface area contributed by atoms with E-state index in [9.17, 15) is 0 Å². The van der Waals surface area contributed by atoms with Gasteiger partial charge in [0.15, 0.2) is 0 Å². The van der Waals surface area contributed by atoms with Crippen molar-refractivity contribution in [3.05, 3.63) is 29.8 Å². The van der Waals surface area contributed by atoms with Gasteiger partial charge in [0, 0.05) is 5.56 Å². The molecule has 1 heterocycles. The van der Waals surface area contributed by atoms with E-state index in [0.29, 0.717) is 6.61 Å². The van der Waals surface area contributed by atoms with Crippen LogP contribution in [0.4, 0.5) is 5.69 Å². The standard InChI is InChI=1S/C14H19NO/c1-5-16-12-8-6-7-11-10(2)9-14(3,4)15-13(11)12/h6-9,15H,5H2,1-4H3. The van der Waals surface area contributed by atoms with Crippen molar-refractivity contribution in [2.24, 2.45) is 0 Å². The third-order valence-corrected chi connectivity index (χ3v) is 2.78. The summed E-state index contributed by atoms with van der Waals surface area (Å²) in [5.41, 5.74) is 3.66. The lowest BCUT2D eigenvalue weighted by atomic mass is 9.91. The number of rotatable bonds is 2. The smallest absolute Gasteiger partial charge is 0.143 e. The summed E-state index contributed by atoms with van der Waals surface area (Å²) in [5.74, 6) is 0.945. The number of para-hydroxylation sites is 1. The Bertz CT molecular complexity index is 432. The predicted octanol–water partition coefficient (Wildman–Crippen LogP) is 3.69. The monoisotopic (exact) mass is 217 g/mol. The van der Waals surface area contributed by atoms with E-state index in [-0.39, 0.29) is 5.54 Å². The van der Waals surface area contributed by atoms with Crippen LogP contribution in [0.1, 0.15) is 33.3 Å². The highest BCUT2D eigenvalue weighted by Crippen LogP contribution is 2.39. The Hall–Kier alpha value is -1.44. The summed E-state index contributed by atoms with van der Waals surface area (Å²) in [4.78, 5) is 0. The Morgan fingerprint density at radius 2 is 2.06 bits per heavy atom. The lowest BCUT2D eigenvalue weighted by Gasteiger charge is -2.32. The van der Waals surface area contributed by atoms with E-state index in [2.05, 4.69) is 38.2 Å².